The maximum Gasteiger partial charge on any atom is 0.219 e. The van der Waals surface area contributed by atoms with Crippen molar-refractivity contribution in [2.75, 3.05) is 20.2 Å². The molecule has 3 rings (SSSR count). The summed E-state index contributed by atoms with van der Waals surface area (Å²) in [6.07, 6.45) is 1.69. The van der Waals surface area contributed by atoms with Gasteiger partial charge in [0.05, 0.1) is 6.61 Å². The summed E-state index contributed by atoms with van der Waals surface area (Å²) in [6.45, 7) is 1.12. The first kappa shape index (κ1) is 24.5. The van der Waals surface area contributed by atoms with Gasteiger partial charge in [0, 0.05) is 44.4 Å². The minimum atomic E-state index is -0.358. The molecule has 0 amide bonds. The first-order valence-corrected chi connectivity index (χ1v) is 9.66. The molecule has 0 radical (unpaired) electrons. The molecule has 8 heteroatoms. The van der Waals surface area contributed by atoms with Crippen molar-refractivity contribution in [2.45, 2.75) is 12.5 Å². The van der Waals surface area contributed by atoms with Gasteiger partial charge in [-0.15, -0.1) is 24.0 Å². The zero-order valence-corrected chi connectivity index (χ0v) is 19.5. The van der Waals surface area contributed by atoms with Crippen molar-refractivity contribution in [3.8, 4) is 11.6 Å². The number of benzene rings is 2. The fourth-order valence-corrected chi connectivity index (χ4v) is 2.87. The highest BCUT2D eigenvalue weighted by Gasteiger charge is 2.11. The normalized spacial score (nSPS) is 11.9. The molecule has 3 aromatic rings. The number of aromatic nitrogens is 1. The first-order valence-electron chi connectivity index (χ1n) is 9.66. The Labute approximate surface area is 198 Å². The van der Waals surface area contributed by atoms with Gasteiger partial charge in [-0.05, 0) is 23.3 Å². The molecule has 1 atom stereocenters. The van der Waals surface area contributed by atoms with Crippen LogP contribution in [0, 0.1) is 5.82 Å². The second-order valence-electron chi connectivity index (χ2n) is 6.66. The number of aliphatic hydroxyl groups excluding tert-OH is 1. The van der Waals surface area contributed by atoms with E-state index < -0.39 is 0 Å². The topological polar surface area (TPSA) is 78.8 Å². The van der Waals surface area contributed by atoms with Crippen LogP contribution >= 0.6 is 24.0 Å². The zero-order valence-electron chi connectivity index (χ0n) is 17.2. The third-order valence-electron chi connectivity index (χ3n) is 4.51. The maximum absolute atomic E-state index is 13.2. The van der Waals surface area contributed by atoms with Crippen LogP contribution in [0.15, 0.2) is 77.9 Å². The molecule has 6 nitrogen and oxygen atoms in total. The molecule has 0 aliphatic heterocycles. The minimum absolute atomic E-state index is 0. The highest BCUT2D eigenvalue weighted by Crippen LogP contribution is 2.20. The summed E-state index contributed by atoms with van der Waals surface area (Å²) in [5.41, 5.74) is 2.01. The second-order valence-corrected chi connectivity index (χ2v) is 6.66. The number of halogens is 2. The van der Waals surface area contributed by atoms with E-state index in [1.807, 2.05) is 36.4 Å². The fourth-order valence-electron chi connectivity index (χ4n) is 2.87. The van der Waals surface area contributed by atoms with E-state index in [1.54, 1.807) is 31.4 Å². The van der Waals surface area contributed by atoms with Gasteiger partial charge in [-0.25, -0.2) is 9.37 Å². The largest absolute Gasteiger partial charge is 0.439 e. The van der Waals surface area contributed by atoms with Crippen molar-refractivity contribution in [1.82, 2.24) is 15.6 Å². The molecule has 3 N–H and O–H groups in total. The van der Waals surface area contributed by atoms with Gasteiger partial charge < -0.3 is 20.5 Å². The number of ether oxygens (including phenoxy) is 1. The zero-order chi connectivity index (χ0) is 21.2. The summed E-state index contributed by atoms with van der Waals surface area (Å²) < 4.78 is 18.8. The van der Waals surface area contributed by atoms with Crippen molar-refractivity contribution in [2.24, 2.45) is 4.99 Å². The van der Waals surface area contributed by atoms with E-state index in [0.29, 0.717) is 30.7 Å². The molecule has 31 heavy (non-hydrogen) atoms. The lowest BCUT2D eigenvalue weighted by Crippen LogP contribution is -2.39. The molecule has 1 unspecified atom stereocenters. The van der Waals surface area contributed by atoms with E-state index in [9.17, 15) is 9.50 Å². The predicted molar refractivity (Wildman–Crippen MR) is 131 cm³/mol. The van der Waals surface area contributed by atoms with Crippen LogP contribution in [-0.2, 0) is 6.54 Å². The van der Waals surface area contributed by atoms with Gasteiger partial charge in [0.25, 0.3) is 0 Å². The Bertz CT molecular complexity index is 955. The van der Waals surface area contributed by atoms with Crippen LogP contribution < -0.4 is 15.4 Å². The lowest BCUT2D eigenvalue weighted by molar-refractivity contribution is 0.265. The quantitative estimate of drug-likeness (QED) is 0.230. The number of hydrogen-bond acceptors (Lipinski definition) is 4. The third kappa shape index (κ3) is 7.80. The summed E-state index contributed by atoms with van der Waals surface area (Å²) in [5, 5.41) is 16.1. The maximum atomic E-state index is 13.2. The monoisotopic (exact) mass is 536 g/mol. The van der Waals surface area contributed by atoms with Crippen molar-refractivity contribution in [3.05, 3.63) is 89.9 Å². The molecule has 0 fully saturated rings. The highest BCUT2D eigenvalue weighted by atomic mass is 127. The molecule has 2 aromatic carbocycles. The van der Waals surface area contributed by atoms with Gasteiger partial charge in [-0.1, -0.05) is 42.5 Å². The number of guanidine groups is 1. The molecule has 1 heterocycles. The van der Waals surface area contributed by atoms with Crippen LogP contribution in [0.25, 0.3) is 0 Å². The third-order valence-corrected chi connectivity index (χ3v) is 4.51. The van der Waals surface area contributed by atoms with Gasteiger partial charge >= 0.3 is 0 Å². The average molecular weight is 536 g/mol. The number of aliphatic imine (C=N–C) groups is 1. The molecule has 0 aliphatic rings. The Morgan fingerprint density at radius 2 is 1.90 bits per heavy atom. The van der Waals surface area contributed by atoms with E-state index in [-0.39, 0.29) is 42.3 Å². The number of hydrogen-bond donors (Lipinski definition) is 3. The Kier molecular flexibility index (Phi) is 10.2. The van der Waals surface area contributed by atoms with Gasteiger partial charge in [-0.3, -0.25) is 4.99 Å². The smallest absolute Gasteiger partial charge is 0.219 e. The Balaban J connectivity index is 0.00000341. The summed E-state index contributed by atoms with van der Waals surface area (Å²) >= 11 is 0. The summed E-state index contributed by atoms with van der Waals surface area (Å²) in [6, 6.07) is 19.4. The van der Waals surface area contributed by atoms with E-state index in [4.69, 9.17) is 4.74 Å². The lowest BCUT2D eigenvalue weighted by Gasteiger charge is -2.18. The molecular weight excluding hydrogens is 510 g/mol. The van der Waals surface area contributed by atoms with Crippen LogP contribution in [0.2, 0.25) is 0 Å². The number of rotatable bonds is 8. The Hall–Kier alpha value is -2.72. The lowest BCUT2D eigenvalue weighted by atomic mass is 10.0. The Morgan fingerprint density at radius 1 is 1.10 bits per heavy atom. The summed E-state index contributed by atoms with van der Waals surface area (Å²) in [7, 11) is 1.69. The fraction of sp³-hybridized carbons (Fsp3) is 0.217. The predicted octanol–water partition coefficient (Wildman–Crippen LogP) is 4.07. The molecule has 0 aliphatic carbocycles. The van der Waals surface area contributed by atoms with Crippen molar-refractivity contribution < 1.29 is 14.2 Å². The van der Waals surface area contributed by atoms with E-state index in [2.05, 4.69) is 20.6 Å². The van der Waals surface area contributed by atoms with Gasteiger partial charge in [0.1, 0.15) is 11.6 Å². The number of pyridine rings is 1. The van der Waals surface area contributed by atoms with Gasteiger partial charge in [0.15, 0.2) is 5.96 Å². The average Bonchev–Trinajstić information content (AvgIpc) is 2.78. The highest BCUT2D eigenvalue weighted by molar-refractivity contribution is 14.0. The number of nitrogens with one attached hydrogen (secondary N) is 2. The van der Waals surface area contributed by atoms with Crippen LogP contribution in [0.5, 0.6) is 11.6 Å². The molecule has 0 saturated carbocycles. The van der Waals surface area contributed by atoms with Crippen molar-refractivity contribution in [3.63, 3.8) is 0 Å². The van der Waals surface area contributed by atoms with Gasteiger partial charge in [-0.2, -0.15) is 0 Å². The molecular formula is C23H26FIN4O2. The van der Waals surface area contributed by atoms with Crippen LogP contribution in [0.4, 0.5) is 4.39 Å². The molecule has 0 saturated heterocycles. The standard InChI is InChI=1S/C23H25FN4O2.HI/c1-25-23(28-15-19(16-29)18-6-3-2-4-7-18)27-14-17-10-11-22(26-13-17)30-21-9-5-8-20(24)12-21;/h2-13,19,29H,14-16H2,1H3,(H2,25,27,28);1H. The SMILES string of the molecule is CN=C(NCc1ccc(Oc2cccc(F)c2)nc1)NCC(CO)c1ccccc1.I. The van der Waals surface area contributed by atoms with E-state index in [0.717, 1.165) is 11.1 Å². The molecule has 0 spiro atoms. The number of aliphatic hydroxyl groups is 1. The van der Waals surface area contributed by atoms with Crippen LogP contribution in [0.1, 0.15) is 17.0 Å². The Morgan fingerprint density at radius 3 is 2.55 bits per heavy atom. The van der Waals surface area contributed by atoms with E-state index in [1.165, 1.54) is 12.1 Å². The van der Waals surface area contributed by atoms with Crippen LogP contribution in [-0.4, -0.2) is 36.2 Å². The molecule has 1 aromatic heterocycles. The van der Waals surface area contributed by atoms with Crippen molar-refractivity contribution in [1.29, 1.82) is 0 Å². The summed E-state index contributed by atoms with van der Waals surface area (Å²) in [4.78, 5) is 8.47. The number of nitrogens with zero attached hydrogens (tertiary/aromatic N) is 2. The molecule has 0 bridgehead atoms. The van der Waals surface area contributed by atoms with E-state index >= 15 is 0 Å². The first-order chi connectivity index (χ1) is 14.7. The van der Waals surface area contributed by atoms with Crippen LogP contribution in [0.3, 0.4) is 0 Å². The van der Waals surface area contributed by atoms with Gasteiger partial charge in [0.2, 0.25) is 5.88 Å². The molecule has 164 valence electrons. The van der Waals surface area contributed by atoms with Crippen molar-refractivity contribution >= 4 is 29.9 Å². The minimum Gasteiger partial charge on any atom is -0.439 e. The summed E-state index contributed by atoms with van der Waals surface area (Å²) in [5.74, 6) is 1.04. The second kappa shape index (κ2) is 12.9.